The largest absolute Gasteiger partial charge is 0.311 e. The van der Waals surface area contributed by atoms with Crippen LogP contribution in [0.15, 0.2) is 6.07 Å². The fourth-order valence-electron chi connectivity index (χ4n) is 2.62. The normalized spacial score (nSPS) is 24.4. The molecule has 1 aromatic heterocycles. The van der Waals surface area contributed by atoms with E-state index >= 15 is 0 Å². The highest BCUT2D eigenvalue weighted by Gasteiger charge is 2.22. The van der Waals surface area contributed by atoms with Crippen molar-refractivity contribution >= 4 is 11.6 Å². The zero-order valence-corrected chi connectivity index (χ0v) is 11.5. The van der Waals surface area contributed by atoms with E-state index in [1.165, 1.54) is 25.0 Å². The van der Waals surface area contributed by atoms with Crippen molar-refractivity contribution in [3.05, 3.63) is 17.5 Å². The van der Waals surface area contributed by atoms with Gasteiger partial charge in [-0.25, -0.2) is 0 Å². The Labute approximate surface area is 109 Å². The molecule has 0 radical (unpaired) electrons. The number of aromatic nitrogens is 2. The minimum atomic E-state index is 0.408. The molecule has 1 heterocycles. The number of hydrogen-bond donors (Lipinski definition) is 1. The van der Waals surface area contributed by atoms with E-state index in [2.05, 4.69) is 28.1 Å². The molecule has 0 aliphatic heterocycles. The van der Waals surface area contributed by atoms with Crippen molar-refractivity contribution in [2.45, 2.75) is 51.6 Å². The number of alkyl halides is 1. The number of nitrogens with zero attached hydrogens (tertiary/aromatic N) is 2. The number of rotatable bonds is 5. The van der Waals surface area contributed by atoms with Gasteiger partial charge in [-0.3, -0.25) is 4.68 Å². The highest BCUT2D eigenvalue weighted by Crippen LogP contribution is 2.28. The van der Waals surface area contributed by atoms with Gasteiger partial charge in [-0.15, -0.1) is 11.6 Å². The summed E-state index contributed by atoms with van der Waals surface area (Å²) in [7, 11) is 0. The fourth-order valence-corrected chi connectivity index (χ4v) is 3.00. The predicted octanol–water partition coefficient (Wildman–Crippen LogP) is 2.71. The third-order valence-electron chi connectivity index (χ3n) is 3.50. The van der Waals surface area contributed by atoms with Gasteiger partial charge in [0.1, 0.15) is 0 Å². The average Bonchev–Trinajstić information content (AvgIpc) is 2.85. The summed E-state index contributed by atoms with van der Waals surface area (Å²) < 4.78 is 2.07. The molecule has 1 aliphatic carbocycles. The summed E-state index contributed by atoms with van der Waals surface area (Å²) in [6, 6.07) is 2.16. The van der Waals surface area contributed by atoms with Gasteiger partial charge in [0, 0.05) is 18.5 Å². The Hall–Kier alpha value is -0.540. The lowest BCUT2D eigenvalue weighted by molar-refractivity contribution is 0.478. The van der Waals surface area contributed by atoms with Crippen LogP contribution >= 0.6 is 11.6 Å². The summed E-state index contributed by atoms with van der Waals surface area (Å²) in [6.07, 6.45) is 3.62. The van der Waals surface area contributed by atoms with Gasteiger partial charge in [-0.2, -0.15) is 5.10 Å². The average molecular weight is 256 g/mol. The van der Waals surface area contributed by atoms with Crippen molar-refractivity contribution in [3.8, 4) is 0 Å². The van der Waals surface area contributed by atoms with Crippen molar-refractivity contribution in [2.24, 2.45) is 5.92 Å². The van der Waals surface area contributed by atoms with Crippen LogP contribution in [-0.2, 0) is 13.1 Å². The van der Waals surface area contributed by atoms with Gasteiger partial charge in [0.2, 0.25) is 0 Å². The Bertz CT molecular complexity index is 362. The molecule has 2 rings (SSSR count). The van der Waals surface area contributed by atoms with Crippen molar-refractivity contribution in [3.63, 3.8) is 0 Å². The van der Waals surface area contributed by atoms with Crippen LogP contribution in [0.4, 0.5) is 0 Å². The SMILES string of the molecule is CCn1nc(C)cc1CNCC1CCC(Cl)C1. The Morgan fingerprint density at radius 2 is 2.35 bits per heavy atom. The van der Waals surface area contributed by atoms with Crippen molar-refractivity contribution in [1.82, 2.24) is 15.1 Å². The molecule has 2 atom stereocenters. The summed E-state index contributed by atoms with van der Waals surface area (Å²) in [5, 5.41) is 8.39. The molecule has 0 amide bonds. The van der Waals surface area contributed by atoms with Crippen molar-refractivity contribution in [1.29, 1.82) is 0 Å². The van der Waals surface area contributed by atoms with Gasteiger partial charge < -0.3 is 5.32 Å². The maximum atomic E-state index is 6.11. The zero-order chi connectivity index (χ0) is 12.3. The minimum Gasteiger partial charge on any atom is -0.311 e. The molecule has 4 heteroatoms. The van der Waals surface area contributed by atoms with E-state index in [0.29, 0.717) is 5.38 Å². The van der Waals surface area contributed by atoms with E-state index in [4.69, 9.17) is 11.6 Å². The Balaban J connectivity index is 1.77. The molecule has 17 heavy (non-hydrogen) atoms. The first-order valence-corrected chi connectivity index (χ1v) is 7.00. The molecule has 0 bridgehead atoms. The third kappa shape index (κ3) is 3.46. The van der Waals surface area contributed by atoms with Crippen molar-refractivity contribution < 1.29 is 0 Å². The first kappa shape index (κ1) is 12.9. The molecule has 0 saturated heterocycles. The smallest absolute Gasteiger partial charge is 0.0597 e. The highest BCUT2D eigenvalue weighted by atomic mass is 35.5. The second kappa shape index (κ2) is 5.87. The van der Waals surface area contributed by atoms with Crippen LogP contribution in [0, 0.1) is 12.8 Å². The lowest BCUT2D eigenvalue weighted by atomic mass is 10.1. The van der Waals surface area contributed by atoms with Crippen LogP contribution in [-0.4, -0.2) is 21.7 Å². The lowest BCUT2D eigenvalue weighted by Crippen LogP contribution is -2.22. The topological polar surface area (TPSA) is 29.9 Å². The molecular weight excluding hydrogens is 234 g/mol. The molecule has 1 aliphatic rings. The van der Waals surface area contributed by atoms with Gasteiger partial charge in [-0.1, -0.05) is 0 Å². The molecule has 3 nitrogen and oxygen atoms in total. The van der Waals surface area contributed by atoms with Crippen LogP contribution in [0.5, 0.6) is 0 Å². The van der Waals surface area contributed by atoms with E-state index in [9.17, 15) is 0 Å². The third-order valence-corrected chi connectivity index (χ3v) is 3.90. The van der Waals surface area contributed by atoms with E-state index in [-0.39, 0.29) is 0 Å². The monoisotopic (exact) mass is 255 g/mol. The summed E-state index contributed by atoms with van der Waals surface area (Å²) in [5.74, 6) is 0.761. The summed E-state index contributed by atoms with van der Waals surface area (Å²) in [5.41, 5.74) is 2.38. The second-order valence-electron chi connectivity index (χ2n) is 5.00. The standard InChI is InChI=1S/C13H22ClN3/c1-3-17-13(6-10(2)16-17)9-15-8-11-4-5-12(14)7-11/h6,11-12,15H,3-5,7-9H2,1-2H3. The van der Waals surface area contributed by atoms with Crippen LogP contribution in [0.25, 0.3) is 0 Å². The Kier molecular flexibility index (Phi) is 4.46. The number of hydrogen-bond acceptors (Lipinski definition) is 2. The summed E-state index contributed by atoms with van der Waals surface area (Å²) in [6.45, 7) is 7.11. The number of halogens is 1. The molecular formula is C13H22ClN3. The molecule has 96 valence electrons. The Morgan fingerprint density at radius 3 is 3.00 bits per heavy atom. The van der Waals surface area contributed by atoms with Crippen LogP contribution in [0.2, 0.25) is 0 Å². The first-order valence-electron chi connectivity index (χ1n) is 6.57. The molecule has 1 N–H and O–H groups in total. The number of nitrogens with one attached hydrogen (secondary N) is 1. The van der Waals surface area contributed by atoms with Gasteiger partial charge in [0.15, 0.2) is 0 Å². The van der Waals surface area contributed by atoms with Gasteiger partial charge in [0.05, 0.1) is 11.4 Å². The summed E-state index contributed by atoms with van der Waals surface area (Å²) in [4.78, 5) is 0. The highest BCUT2D eigenvalue weighted by molar-refractivity contribution is 6.20. The maximum absolute atomic E-state index is 6.11. The van der Waals surface area contributed by atoms with E-state index in [1.54, 1.807) is 0 Å². The molecule has 0 spiro atoms. The van der Waals surface area contributed by atoms with E-state index in [1.807, 2.05) is 6.92 Å². The van der Waals surface area contributed by atoms with Gasteiger partial charge in [0.25, 0.3) is 0 Å². The molecule has 1 saturated carbocycles. The van der Waals surface area contributed by atoms with E-state index in [0.717, 1.165) is 31.2 Å². The quantitative estimate of drug-likeness (QED) is 0.820. The van der Waals surface area contributed by atoms with Crippen LogP contribution in [0.3, 0.4) is 0 Å². The molecule has 1 fully saturated rings. The summed E-state index contributed by atoms with van der Waals surface area (Å²) >= 11 is 6.11. The van der Waals surface area contributed by atoms with E-state index < -0.39 is 0 Å². The molecule has 0 aromatic carbocycles. The second-order valence-corrected chi connectivity index (χ2v) is 5.62. The minimum absolute atomic E-state index is 0.408. The van der Waals surface area contributed by atoms with Gasteiger partial charge >= 0.3 is 0 Å². The van der Waals surface area contributed by atoms with Crippen LogP contribution < -0.4 is 5.32 Å². The fraction of sp³-hybridized carbons (Fsp3) is 0.769. The molecule has 2 unspecified atom stereocenters. The van der Waals surface area contributed by atoms with Crippen molar-refractivity contribution in [2.75, 3.05) is 6.54 Å². The zero-order valence-electron chi connectivity index (χ0n) is 10.7. The lowest BCUT2D eigenvalue weighted by Gasteiger charge is -2.11. The maximum Gasteiger partial charge on any atom is 0.0597 e. The van der Waals surface area contributed by atoms with Crippen LogP contribution in [0.1, 0.15) is 37.6 Å². The Morgan fingerprint density at radius 1 is 1.53 bits per heavy atom. The molecule has 1 aromatic rings. The number of aryl methyl sites for hydroxylation is 2. The first-order chi connectivity index (χ1) is 8.19. The van der Waals surface area contributed by atoms with Gasteiger partial charge in [-0.05, 0) is 51.6 Å². The predicted molar refractivity (Wildman–Crippen MR) is 71.3 cm³/mol.